The predicted octanol–water partition coefficient (Wildman–Crippen LogP) is 5.70. The number of nitrogens with zero attached hydrogens (tertiary/aromatic N) is 1. The number of ketones is 2. The van der Waals surface area contributed by atoms with Crippen molar-refractivity contribution in [2.24, 2.45) is 0 Å². The number of oxazole rings is 1. The van der Waals surface area contributed by atoms with Gasteiger partial charge in [-0.25, -0.2) is 0 Å². The van der Waals surface area contributed by atoms with Gasteiger partial charge in [0, 0.05) is 28.8 Å². The Bertz CT molecular complexity index is 1430. The molecule has 0 bridgehead atoms. The molecule has 3 aromatic carbocycles. The first-order valence-corrected chi connectivity index (χ1v) is 9.47. The largest absolute Gasteiger partial charge is 0.435 e. The van der Waals surface area contributed by atoms with Gasteiger partial charge in [0.05, 0.1) is 5.57 Å². The summed E-state index contributed by atoms with van der Waals surface area (Å²) in [6, 6.07) is 22.5. The SMILES string of the molecule is O=C1C(=Cc2nc3oc(-c4ccccc4)cc3o2)C(=O)c2cc3ccccc3cc21. The Kier molecular flexibility index (Phi) is 3.40. The second-order valence-electron chi connectivity index (χ2n) is 7.16. The third kappa shape index (κ3) is 2.46. The fourth-order valence-corrected chi connectivity index (χ4v) is 3.82. The fourth-order valence-electron chi connectivity index (χ4n) is 3.82. The lowest BCUT2D eigenvalue weighted by molar-refractivity contribution is 0.0990. The molecule has 5 heteroatoms. The minimum atomic E-state index is -0.319. The van der Waals surface area contributed by atoms with Crippen LogP contribution in [0.5, 0.6) is 0 Å². The summed E-state index contributed by atoms with van der Waals surface area (Å²) < 4.78 is 11.5. The molecule has 0 fully saturated rings. The third-order valence-corrected chi connectivity index (χ3v) is 5.30. The highest BCUT2D eigenvalue weighted by molar-refractivity contribution is 6.41. The van der Waals surface area contributed by atoms with Gasteiger partial charge in [-0.15, -0.1) is 0 Å². The summed E-state index contributed by atoms with van der Waals surface area (Å²) in [7, 11) is 0. The van der Waals surface area contributed by atoms with E-state index in [1.807, 2.05) is 54.6 Å². The average molecular weight is 391 g/mol. The number of hydrogen-bond donors (Lipinski definition) is 0. The Morgan fingerprint density at radius 1 is 0.733 bits per heavy atom. The topological polar surface area (TPSA) is 73.3 Å². The molecule has 0 saturated carbocycles. The smallest absolute Gasteiger partial charge is 0.266 e. The van der Waals surface area contributed by atoms with Crippen LogP contribution in [0.15, 0.2) is 87.2 Å². The summed E-state index contributed by atoms with van der Waals surface area (Å²) in [5.74, 6) is 0.168. The molecule has 30 heavy (non-hydrogen) atoms. The van der Waals surface area contributed by atoms with Crippen molar-refractivity contribution >= 4 is 39.7 Å². The summed E-state index contributed by atoms with van der Waals surface area (Å²) in [4.78, 5) is 30.0. The second-order valence-corrected chi connectivity index (χ2v) is 7.16. The Morgan fingerprint density at radius 2 is 1.37 bits per heavy atom. The maximum atomic E-state index is 12.9. The molecule has 2 heterocycles. The van der Waals surface area contributed by atoms with Crippen LogP contribution in [0.3, 0.4) is 0 Å². The van der Waals surface area contributed by atoms with E-state index in [-0.39, 0.29) is 23.0 Å². The number of benzene rings is 3. The Labute approximate surface area is 170 Å². The van der Waals surface area contributed by atoms with Crippen molar-refractivity contribution < 1.29 is 18.4 Å². The van der Waals surface area contributed by atoms with Crippen LogP contribution in [0.2, 0.25) is 0 Å². The van der Waals surface area contributed by atoms with Crippen LogP contribution in [-0.2, 0) is 0 Å². The molecule has 142 valence electrons. The van der Waals surface area contributed by atoms with Gasteiger partial charge in [-0.2, -0.15) is 4.98 Å². The maximum absolute atomic E-state index is 12.9. The molecule has 0 unspecified atom stereocenters. The standard InChI is InChI=1S/C25H13NO4/c27-23-17-10-15-8-4-5-9-16(15)11-18(17)24(28)19(23)12-22-26-25-21(29-22)13-20(30-25)14-6-2-1-3-7-14/h1-13H. The molecular formula is C25H13NO4. The zero-order valence-corrected chi connectivity index (χ0v) is 15.6. The number of aromatic nitrogens is 1. The zero-order valence-electron chi connectivity index (χ0n) is 15.6. The van der Waals surface area contributed by atoms with Crippen LogP contribution in [0.1, 0.15) is 26.6 Å². The average Bonchev–Trinajstić information content (AvgIpc) is 3.41. The van der Waals surface area contributed by atoms with E-state index in [1.165, 1.54) is 6.08 Å². The van der Waals surface area contributed by atoms with E-state index in [4.69, 9.17) is 8.83 Å². The van der Waals surface area contributed by atoms with Crippen LogP contribution < -0.4 is 0 Å². The van der Waals surface area contributed by atoms with Crippen molar-refractivity contribution in [3.8, 4) is 11.3 Å². The lowest BCUT2D eigenvalue weighted by atomic mass is 10.0. The first-order chi connectivity index (χ1) is 14.7. The summed E-state index contributed by atoms with van der Waals surface area (Å²) >= 11 is 0. The molecule has 2 aromatic heterocycles. The Morgan fingerprint density at radius 3 is 2.00 bits per heavy atom. The van der Waals surface area contributed by atoms with Crippen LogP contribution in [0, 0.1) is 0 Å². The van der Waals surface area contributed by atoms with Crippen molar-refractivity contribution in [1.29, 1.82) is 0 Å². The molecule has 0 saturated heterocycles. The minimum Gasteiger partial charge on any atom is -0.435 e. The lowest BCUT2D eigenvalue weighted by Gasteiger charge is -2.00. The number of rotatable bonds is 2. The van der Waals surface area contributed by atoms with Crippen molar-refractivity contribution in [3.05, 3.63) is 95.4 Å². The summed E-state index contributed by atoms with van der Waals surface area (Å²) in [6.07, 6.45) is 1.40. The molecule has 0 aliphatic heterocycles. The van der Waals surface area contributed by atoms with E-state index < -0.39 is 0 Å². The first-order valence-electron chi connectivity index (χ1n) is 9.47. The molecule has 6 rings (SSSR count). The first kappa shape index (κ1) is 16.7. The predicted molar refractivity (Wildman–Crippen MR) is 112 cm³/mol. The van der Waals surface area contributed by atoms with Crippen LogP contribution in [0.25, 0.3) is 39.5 Å². The van der Waals surface area contributed by atoms with Gasteiger partial charge in [0.15, 0.2) is 17.1 Å². The molecule has 0 amide bonds. The highest BCUT2D eigenvalue weighted by Gasteiger charge is 2.34. The molecule has 1 aliphatic rings. The summed E-state index contributed by atoms with van der Waals surface area (Å²) in [5.41, 5.74) is 2.56. The second kappa shape index (κ2) is 6.12. The number of allylic oxidation sites excluding steroid dienone is 1. The van der Waals surface area contributed by atoms with Gasteiger partial charge in [0.25, 0.3) is 5.71 Å². The molecule has 1 aliphatic carbocycles. The molecule has 0 N–H and O–H groups in total. The number of carbonyl (C=O) groups excluding carboxylic acids is 2. The van der Waals surface area contributed by atoms with Crippen molar-refractivity contribution in [2.75, 3.05) is 0 Å². The Balaban J connectivity index is 1.39. The van der Waals surface area contributed by atoms with Gasteiger partial charge in [0.2, 0.25) is 5.89 Å². The van der Waals surface area contributed by atoms with Gasteiger partial charge in [-0.05, 0) is 22.9 Å². The van der Waals surface area contributed by atoms with E-state index in [2.05, 4.69) is 4.98 Å². The minimum absolute atomic E-state index is 0.0486. The van der Waals surface area contributed by atoms with E-state index in [1.54, 1.807) is 18.2 Å². The van der Waals surface area contributed by atoms with E-state index >= 15 is 0 Å². The van der Waals surface area contributed by atoms with Gasteiger partial charge < -0.3 is 8.83 Å². The van der Waals surface area contributed by atoms with Crippen LogP contribution in [0.4, 0.5) is 0 Å². The van der Waals surface area contributed by atoms with E-state index in [0.29, 0.717) is 28.2 Å². The molecule has 0 spiro atoms. The van der Waals surface area contributed by atoms with Gasteiger partial charge >= 0.3 is 0 Å². The molecular weight excluding hydrogens is 378 g/mol. The highest BCUT2D eigenvalue weighted by Crippen LogP contribution is 2.33. The number of fused-ring (bicyclic) bond motifs is 3. The van der Waals surface area contributed by atoms with Gasteiger partial charge in [-0.3, -0.25) is 9.59 Å². The Hall–Kier alpha value is -4.25. The number of hydrogen-bond acceptors (Lipinski definition) is 5. The number of carbonyl (C=O) groups is 2. The molecule has 5 nitrogen and oxygen atoms in total. The van der Waals surface area contributed by atoms with Crippen LogP contribution >= 0.6 is 0 Å². The summed E-state index contributed by atoms with van der Waals surface area (Å²) in [6.45, 7) is 0. The van der Waals surface area contributed by atoms with Gasteiger partial charge in [0.1, 0.15) is 5.76 Å². The summed E-state index contributed by atoms with van der Waals surface area (Å²) in [5, 5.41) is 1.83. The molecule has 0 atom stereocenters. The monoisotopic (exact) mass is 391 g/mol. The fraction of sp³-hybridized carbons (Fsp3) is 0. The van der Waals surface area contributed by atoms with Crippen molar-refractivity contribution in [3.63, 3.8) is 0 Å². The number of Topliss-reactive ketones (excluding diaryl/α,β-unsaturated/α-hetero) is 2. The maximum Gasteiger partial charge on any atom is 0.266 e. The third-order valence-electron chi connectivity index (χ3n) is 5.30. The van der Waals surface area contributed by atoms with E-state index in [0.717, 1.165) is 16.3 Å². The number of furan rings is 1. The lowest BCUT2D eigenvalue weighted by Crippen LogP contribution is -2.00. The quantitative estimate of drug-likeness (QED) is 0.285. The highest BCUT2D eigenvalue weighted by atomic mass is 16.4. The zero-order chi connectivity index (χ0) is 20.2. The normalized spacial score (nSPS) is 13.4. The van der Waals surface area contributed by atoms with Crippen molar-refractivity contribution in [2.45, 2.75) is 0 Å². The molecule has 5 aromatic rings. The van der Waals surface area contributed by atoms with Crippen LogP contribution in [-0.4, -0.2) is 16.6 Å². The molecule has 0 radical (unpaired) electrons. The van der Waals surface area contributed by atoms with E-state index in [9.17, 15) is 9.59 Å². The van der Waals surface area contributed by atoms with Crippen molar-refractivity contribution in [1.82, 2.24) is 4.98 Å². The van der Waals surface area contributed by atoms with Gasteiger partial charge in [-0.1, -0.05) is 54.6 Å².